The molecule has 0 bridgehead atoms. The molecule has 1 heterocycles. The molecule has 1 aromatic rings. The number of carbonyl (C=O) groups excluding carboxylic acids is 2. The average molecular weight is 315 g/mol. The third kappa shape index (κ3) is 4.17. The number of primary sulfonamides is 1. The summed E-state index contributed by atoms with van der Waals surface area (Å²) in [6, 6.07) is 0. The first-order valence-electron chi connectivity index (χ1n) is 5.93. The lowest BCUT2D eigenvalue weighted by Crippen LogP contribution is -2.24. The Morgan fingerprint density at radius 3 is 2.48 bits per heavy atom. The number of carbonyl (C=O) groups is 2. The van der Waals surface area contributed by atoms with Gasteiger partial charge in [0, 0.05) is 18.3 Å². The Morgan fingerprint density at radius 2 is 2.00 bits per heavy atom. The van der Waals surface area contributed by atoms with Gasteiger partial charge in [0.2, 0.25) is 10.0 Å². The van der Waals surface area contributed by atoms with Gasteiger partial charge in [0.05, 0.1) is 7.11 Å². The molecule has 0 fully saturated rings. The lowest BCUT2D eigenvalue weighted by atomic mass is 10.2. The molecular formula is C12H17N3O5S. The van der Waals surface area contributed by atoms with Crippen molar-refractivity contribution < 1.29 is 22.7 Å². The quantitative estimate of drug-likeness (QED) is 0.509. The monoisotopic (exact) mass is 315 g/mol. The number of nitrogens with one attached hydrogen (secondary N) is 2. The molecule has 1 amide bonds. The van der Waals surface area contributed by atoms with Crippen molar-refractivity contribution in [3.8, 4) is 0 Å². The second kappa shape index (κ2) is 6.55. The van der Waals surface area contributed by atoms with Crippen molar-refractivity contribution >= 4 is 21.9 Å². The summed E-state index contributed by atoms with van der Waals surface area (Å²) in [5, 5.41) is 7.61. The lowest BCUT2D eigenvalue weighted by molar-refractivity contribution is -0.134. The molecule has 9 heteroatoms. The van der Waals surface area contributed by atoms with Crippen LogP contribution < -0.4 is 10.5 Å². The Balaban J connectivity index is 2.86. The first kappa shape index (κ1) is 16.9. The topological polar surface area (TPSA) is 131 Å². The normalized spacial score (nSPS) is 11.6. The third-order valence-electron chi connectivity index (χ3n) is 2.72. The zero-order chi connectivity index (χ0) is 16.2. The lowest BCUT2D eigenvalue weighted by Gasteiger charge is -2.02. The highest BCUT2D eigenvalue weighted by Gasteiger charge is 2.23. The Hall–Kier alpha value is -2.13. The van der Waals surface area contributed by atoms with Gasteiger partial charge in [-0.1, -0.05) is 6.08 Å². The van der Waals surface area contributed by atoms with E-state index in [1.165, 1.54) is 33.1 Å². The smallest absolute Gasteiger partial charge is 0.330 e. The van der Waals surface area contributed by atoms with Crippen LogP contribution in [0.2, 0.25) is 0 Å². The van der Waals surface area contributed by atoms with Gasteiger partial charge in [0.25, 0.3) is 5.91 Å². The number of nitrogens with two attached hydrogens (primary N) is 1. The highest BCUT2D eigenvalue weighted by atomic mass is 32.2. The van der Waals surface area contributed by atoms with E-state index in [-0.39, 0.29) is 22.7 Å². The van der Waals surface area contributed by atoms with Crippen LogP contribution in [0.3, 0.4) is 0 Å². The van der Waals surface area contributed by atoms with Crippen molar-refractivity contribution in [1.82, 2.24) is 10.3 Å². The van der Waals surface area contributed by atoms with Crippen LogP contribution in [0.5, 0.6) is 0 Å². The van der Waals surface area contributed by atoms with Crippen molar-refractivity contribution in [2.75, 3.05) is 13.7 Å². The van der Waals surface area contributed by atoms with Gasteiger partial charge in [-0.2, -0.15) is 0 Å². The van der Waals surface area contributed by atoms with Crippen LogP contribution in [0.1, 0.15) is 21.7 Å². The van der Waals surface area contributed by atoms with Gasteiger partial charge in [-0.05, 0) is 19.4 Å². The minimum absolute atomic E-state index is 0.0854. The molecule has 0 radical (unpaired) electrons. The molecule has 1 rings (SSSR count). The molecule has 0 spiro atoms. The maximum Gasteiger partial charge on any atom is 0.330 e. The standard InChI is InChI=1S/C12H17N3O5S/c1-7-10(15-8(2)11(7)21(13,18)19)12(17)14-6-4-5-9(16)20-3/h4-5,15H,6H2,1-3H3,(H,14,17)(H2,13,18,19)/b5-4+. The van der Waals surface area contributed by atoms with Crippen LogP contribution in [0, 0.1) is 13.8 Å². The van der Waals surface area contributed by atoms with Gasteiger partial charge in [-0.25, -0.2) is 18.4 Å². The van der Waals surface area contributed by atoms with Crippen LogP contribution in [0.4, 0.5) is 0 Å². The number of aromatic nitrogens is 1. The van der Waals surface area contributed by atoms with Gasteiger partial charge in [0.1, 0.15) is 10.6 Å². The molecule has 0 saturated heterocycles. The van der Waals surface area contributed by atoms with E-state index >= 15 is 0 Å². The van der Waals surface area contributed by atoms with Crippen molar-refractivity contribution in [2.45, 2.75) is 18.7 Å². The highest BCUT2D eigenvalue weighted by Crippen LogP contribution is 2.21. The summed E-state index contributed by atoms with van der Waals surface area (Å²) < 4.78 is 27.3. The minimum atomic E-state index is -3.90. The van der Waals surface area contributed by atoms with E-state index in [1.807, 2.05) is 0 Å². The molecule has 1 aromatic heterocycles. The molecule has 0 saturated carbocycles. The second-order valence-electron chi connectivity index (χ2n) is 4.26. The number of ether oxygens (including phenoxy) is 1. The predicted molar refractivity (Wildman–Crippen MR) is 75.1 cm³/mol. The number of aromatic amines is 1. The molecule has 0 aliphatic rings. The number of sulfonamides is 1. The number of amides is 1. The maximum absolute atomic E-state index is 11.9. The van der Waals surface area contributed by atoms with Crippen LogP contribution in [-0.2, 0) is 19.6 Å². The van der Waals surface area contributed by atoms with E-state index in [0.29, 0.717) is 5.69 Å². The highest BCUT2D eigenvalue weighted by molar-refractivity contribution is 7.89. The van der Waals surface area contributed by atoms with E-state index in [2.05, 4.69) is 15.0 Å². The summed E-state index contributed by atoms with van der Waals surface area (Å²) in [5.74, 6) is -1.03. The molecule has 0 atom stereocenters. The fraction of sp³-hybridized carbons (Fsp3) is 0.333. The van der Waals surface area contributed by atoms with Gasteiger partial charge in [-0.3, -0.25) is 4.79 Å². The van der Waals surface area contributed by atoms with Gasteiger partial charge in [-0.15, -0.1) is 0 Å². The maximum atomic E-state index is 11.9. The number of hydrogen-bond donors (Lipinski definition) is 3. The van der Waals surface area contributed by atoms with Gasteiger partial charge < -0.3 is 15.0 Å². The van der Waals surface area contributed by atoms with Crippen LogP contribution in [0.25, 0.3) is 0 Å². The van der Waals surface area contributed by atoms with E-state index in [1.54, 1.807) is 0 Å². The average Bonchev–Trinajstić information content (AvgIpc) is 2.69. The Labute approximate surface area is 122 Å². The molecule has 4 N–H and O–H groups in total. The first-order chi connectivity index (χ1) is 9.68. The Kier molecular flexibility index (Phi) is 5.28. The van der Waals surface area contributed by atoms with E-state index < -0.39 is 21.9 Å². The van der Waals surface area contributed by atoms with Crippen molar-refractivity contribution in [3.05, 3.63) is 29.1 Å². The fourth-order valence-electron chi connectivity index (χ4n) is 1.85. The molecule has 0 aliphatic carbocycles. The van der Waals surface area contributed by atoms with Crippen LogP contribution in [0.15, 0.2) is 17.0 Å². The molecule has 0 aliphatic heterocycles. The molecule has 0 aromatic carbocycles. The fourth-order valence-corrected chi connectivity index (χ4v) is 2.86. The Bertz CT molecular complexity index is 688. The van der Waals surface area contributed by atoms with Crippen LogP contribution >= 0.6 is 0 Å². The minimum Gasteiger partial charge on any atom is -0.466 e. The summed E-state index contributed by atoms with van der Waals surface area (Å²) in [6.45, 7) is 3.10. The van der Waals surface area contributed by atoms with Gasteiger partial charge in [0.15, 0.2) is 0 Å². The number of H-pyrrole nitrogens is 1. The summed E-state index contributed by atoms with van der Waals surface area (Å²) >= 11 is 0. The third-order valence-corrected chi connectivity index (χ3v) is 3.90. The summed E-state index contributed by atoms with van der Waals surface area (Å²) in [7, 11) is -2.66. The Morgan fingerprint density at radius 1 is 1.38 bits per heavy atom. The van der Waals surface area contributed by atoms with E-state index in [0.717, 1.165) is 0 Å². The van der Waals surface area contributed by atoms with E-state index in [9.17, 15) is 18.0 Å². The number of methoxy groups -OCH3 is 1. The molecule has 8 nitrogen and oxygen atoms in total. The number of aryl methyl sites for hydroxylation is 1. The van der Waals surface area contributed by atoms with E-state index in [4.69, 9.17) is 5.14 Å². The summed E-state index contributed by atoms with van der Waals surface area (Å²) in [6.07, 6.45) is 2.58. The second-order valence-corrected chi connectivity index (χ2v) is 5.76. The molecule has 0 unspecified atom stereocenters. The molecular weight excluding hydrogens is 298 g/mol. The zero-order valence-corrected chi connectivity index (χ0v) is 12.7. The number of rotatable bonds is 5. The first-order valence-corrected chi connectivity index (χ1v) is 7.47. The van der Waals surface area contributed by atoms with Crippen LogP contribution in [-0.4, -0.2) is 38.9 Å². The number of hydrogen-bond acceptors (Lipinski definition) is 5. The molecule has 116 valence electrons. The number of esters is 1. The molecule has 21 heavy (non-hydrogen) atoms. The largest absolute Gasteiger partial charge is 0.466 e. The predicted octanol–water partition coefficient (Wildman–Crippen LogP) is -0.262. The van der Waals surface area contributed by atoms with Crippen molar-refractivity contribution in [2.24, 2.45) is 5.14 Å². The van der Waals surface area contributed by atoms with Crippen molar-refractivity contribution in [3.63, 3.8) is 0 Å². The van der Waals surface area contributed by atoms with Gasteiger partial charge >= 0.3 is 5.97 Å². The van der Waals surface area contributed by atoms with Crippen molar-refractivity contribution in [1.29, 1.82) is 0 Å². The SMILES string of the molecule is COC(=O)/C=C/CNC(=O)c1[nH]c(C)c(S(N)(=O)=O)c1C. The summed E-state index contributed by atoms with van der Waals surface area (Å²) in [5.41, 5.74) is 0.665. The summed E-state index contributed by atoms with van der Waals surface area (Å²) in [4.78, 5) is 25.4. The zero-order valence-electron chi connectivity index (χ0n) is 11.9.